The zero-order valence-electron chi connectivity index (χ0n) is 27.0. The van der Waals surface area contributed by atoms with Crippen molar-refractivity contribution in [3.63, 3.8) is 0 Å². The summed E-state index contributed by atoms with van der Waals surface area (Å²) in [6.07, 6.45) is 6.06. The molecular weight excluding hydrogens is 634 g/mol. The van der Waals surface area contributed by atoms with Crippen LogP contribution in [0.15, 0.2) is 71.8 Å². The van der Waals surface area contributed by atoms with Gasteiger partial charge < -0.3 is 18.8 Å². The minimum atomic E-state index is -4.28. The van der Waals surface area contributed by atoms with E-state index >= 15 is 0 Å². The van der Waals surface area contributed by atoms with Gasteiger partial charge in [-0.2, -0.15) is 0 Å². The summed E-state index contributed by atoms with van der Waals surface area (Å²) in [6.45, 7) is 1.38. The number of ether oxygens (including phenoxy) is 3. The number of carbonyl (C=O) groups is 3. The fourth-order valence-electron chi connectivity index (χ4n) is 5.68. The van der Waals surface area contributed by atoms with Crippen molar-refractivity contribution in [2.75, 3.05) is 19.0 Å². The van der Waals surface area contributed by atoms with Crippen LogP contribution in [0.2, 0.25) is 0 Å². The van der Waals surface area contributed by atoms with Crippen molar-refractivity contribution in [2.45, 2.75) is 56.4 Å². The summed E-state index contributed by atoms with van der Waals surface area (Å²) in [4.78, 5) is 36.4. The van der Waals surface area contributed by atoms with E-state index in [1.807, 2.05) is 36.0 Å². The Labute approximate surface area is 279 Å². The predicted molar refractivity (Wildman–Crippen MR) is 180 cm³/mol. The van der Waals surface area contributed by atoms with Crippen LogP contribution in [0.5, 0.6) is 5.75 Å². The Hall–Kier alpha value is -5.28. The molecule has 1 aliphatic carbocycles. The van der Waals surface area contributed by atoms with Crippen LogP contribution >= 0.6 is 0 Å². The number of nitrogens with one attached hydrogen (secondary N) is 2. The van der Waals surface area contributed by atoms with Crippen LogP contribution in [0, 0.1) is 11.8 Å². The first kappa shape index (κ1) is 34.1. The molecule has 1 heterocycles. The first-order valence-corrected chi connectivity index (χ1v) is 17.0. The van der Waals surface area contributed by atoms with Gasteiger partial charge in [-0.3, -0.25) is 14.9 Å². The van der Waals surface area contributed by atoms with Gasteiger partial charge in [-0.15, -0.1) is 0 Å². The molecule has 2 amide bonds. The first-order chi connectivity index (χ1) is 23.0. The molecule has 0 bridgehead atoms. The first-order valence-electron chi connectivity index (χ1n) is 15.5. The Morgan fingerprint density at radius 3 is 2.52 bits per heavy atom. The molecule has 48 heavy (non-hydrogen) atoms. The van der Waals surface area contributed by atoms with Gasteiger partial charge in [0.15, 0.2) is 0 Å². The molecule has 0 radical (unpaired) electrons. The van der Waals surface area contributed by atoms with Crippen molar-refractivity contribution in [3.05, 3.63) is 89.1 Å². The number of sulfonamides is 1. The third-order valence-corrected chi connectivity index (χ3v) is 9.37. The molecule has 4 aromatic rings. The molecule has 0 aliphatic heterocycles. The summed E-state index contributed by atoms with van der Waals surface area (Å²) in [5.74, 6) is 4.71. The molecule has 1 fully saturated rings. The second-order valence-electron chi connectivity index (χ2n) is 11.5. The van der Waals surface area contributed by atoms with Crippen molar-refractivity contribution in [1.82, 2.24) is 9.29 Å². The fraction of sp³-hybridized carbons (Fsp3) is 0.306. The summed E-state index contributed by atoms with van der Waals surface area (Å²) in [5.41, 5.74) is 3.62. The fourth-order valence-corrected chi connectivity index (χ4v) is 6.82. The number of anilines is 1. The number of benzene rings is 3. The largest absolute Gasteiger partial charge is 0.496 e. The van der Waals surface area contributed by atoms with E-state index in [-0.39, 0.29) is 35.2 Å². The Morgan fingerprint density at radius 2 is 1.77 bits per heavy atom. The average Bonchev–Trinajstić information content (AvgIpc) is 3.67. The van der Waals surface area contributed by atoms with Crippen molar-refractivity contribution >= 4 is 44.6 Å². The number of rotatable bonds is 10. The summed E-state index contributed by atoms with van der Waals surface area (Å²) >= 11 is 0. The van der Waals surface area contributed by atoms with E-state index < -0.39 is 28.0 Å². The van der Waals surface area contributed by atoms with Gasteiger partial charge in [0.25, 0.3) is 15.9 Å². The van der Waals surface area contributed by atoms with E-state index in [1.165, 1.54) is 38.3 Å². The van der Waals surface area contributed by atoms with E-state index in [2.05, 4.69) is 21.9 Å². The highest BCUT2D eigenvalue weighted by Crippen LogP contribution is 2.30. The van der Waals surface area contributed by atoms with Gasteiger partial charge in [0, 0.05) is 60.7 Å². The maximum absolute atomic E-state index is 13.2. The number of carbonyl (C=O) groups excluding carboxylic acids is 3. The number of amides is 2. The number of aryl methyl sites for hydroxylation is 1. The highest BCUT2D eigenvalue weighted by Gasteiger charge is 2.23. The summed E-state index contributed by atoms with van der Waals surface area (Å²) in [6, 6.07) is 16.5. The number of fused-ring (bicyclic) bond motifs is 1. The van der Waals surface area contributed by atoms with E-state index in [9.17, 15) is 22.8 Å². The quantitative estimate of drug-likeness (QED) is 0.124. The van der Waals surface area contributed by atoms with Crippen LogP contribution in [0.1, 0.15) is 66.1 Å². The molecule has 0 saturated heterocycles. The Balaban J connectivity index is 1.31. The minimum absolute atomic E-state index is 0.0420. The average molecular weight is 672 g/mol. The Bertz CT molecular complexity index is 2020. The minimum Gasteiger partial charge on any atom is -0.496 e. The van der Waals surface area contributed by atoms with Crippen molar-refractivity contribution < 1.29 is 37.0 Å². The van der Waals surface area contributed by atoms with Gasteiger partial charge in [-0.1, -0.05) is 30.0 Å². The number of esters is 1. The SMILES string of the molecule is COc1cc(C(=O)NS(=O)(=O)c2ccccc2C#CCCOC(C)=O)ccc1Cc1cn(C)c2ccc(NC(=O)OC3CCCC3)cc12. The van der Waals surface area contributed by atoms with Gasteiger partial charge >= 0.3 is 12.1 Å². The van der Waals surface area contributed by atoms with Gasteiger partial charge in [0.2, 0.25) is 0 Å². The molecule has 5 rings (SSSR count). The predicted octanol–water partition coefficient (Wildman–Crippen LogP) is 5.69. The second kappa shape index (κ2) is 15.1. The molecule has 0 unspecified atom stereocenters. The normalized spacial score (nSPS) is 13.0. The van der Waals surface area contributed by atoms with Crippen LogP contribution in [0.3, 0.4) is 0 Å². The molecule has 1 saturated carbocycles. The number of hydrogen-bond acceptors (Lipinski definition) is 8. The molecule has 250 valence electrons. The lowest BCUT2D eigenvalue weighted by Gasteiger charge is -2.13. The molecule has 12 heteroatoms. The number of methoxy groups -OCH3 is 1. The van der Waals surface area contributed by atoms with Gasteiger partial charge in [0.05, 0.1) is 7.11 Å². The molecule has 2 N–H and O–H groups in total. The molecule has 3 aromatic carbocycles. The molecule has 0 atom stereocenters. The highest BCUT2D eigenvalue weighted by molar-refractivity contribution is 7.90. The number of hydrogen-bond donors (Lipinski definition) is 2. The van der Waals surface area contributed by atoms with E-state index in [1.54, 1.807) is 18.2 Å². The second-order valence-corrected chi connectivity index (χ2v) is 13.1. The summed E-state index contributed by atoms with van der Waals surface area (Å²) in [5, 5.41) is 3.77. The van der Waals surface area contributed by atoms with Crippen LogP contribution in [-0.4, -0.2) is 50.8 Å². The zero-order chi connectivity index (χ0) is 34.3. The smallest absolute Gasteiger partial charge is 0.411 e. The lowest BCUT2D eigenvalue weighted by molar-refractivity contribution is -0.140. The topological polar surface area (TPSA) is 142 Å². The Morgan fingerprint density at radius 1 is 1.00 bits per heavy atom. The van der Waals surface area contributed by atoms with Gasteiger partial charge in [0.1, 0.15) is 23.4 Å². The Kier molecular flexibility index (Phi) is 10.7. The summed E-state index contributed by atoms with van der Waals surface area (Å²) in [7, 11) is -0.867. The monoisotopic (exact) mass is 671 g/mol. The van der Waals surface area contributed by atoms with Crippen LogP contribution in [0.4, 0.5) is 10.5 Å². The lowest BCUT2D eigenvalue weighted by Crippen LogP contribution is -2.31. The van der Waals surface area contributed by atoms with Crippen molar-refractivity contribution in [1.29, 1.82) is 0 Å². The van der Waals surface area contributed by atoms with E-state index in [0.717, 1.165) is 47.7 Å². The maximum atomic E-state index is 13.2. The number of aromatic nitrogens is 1. The molecule has 0 spiro atoms. The third kappa shape index (κ3) is 8.35. The van der Waals surface area contributed by atoms with Crippen LogP contribution < -0.4 is 14.8 Å². The third-order valence-electron chi connectivity index (χ3n) is 7.98. The standard InChI is InChI=1S/C36H37N3O8S/c1-24(40)46-19-9-8-11-25-10-4-7-14-34(25)48(43,44)38-35(41)27-16-15-26(33(21-27)45-3)20-28-23-39(2)32-18-17-29(22-31(28)32)37-36(42)47-30-12-5-6-13-30/h4,7,10,14-18,21-23,30H,5-6,9,12-13,19-20H2,1-3H3,(H,37,42)(H,38,41). The molecule has 11 nitrogen and oxygen atoms in total. The maximum Gasteiger partial charge on any atom is 0.411 e. The van der Waals surface area contributed by atoms with Crippen molar-refractivity contribution in [2.24, 2.45) is 7.05 Å². The lowest BCUT2D eigenvalue weighted by atomic mass is 10.0. The molecule has 1 aliphatic rings. The van der Waals surface area contributed by atoms with Crippen LogP contribution in [0.25, 0.3) is 10.9 Å². The van der Waals surface area contributed by atoms with E-state index in [0.29, 0.717) is 17.9 Å². The number of nitrogens with zero attached hydrogens (tertiary/aromatic N) is 1. The van der Waals surface area contributed by atoms with Crippen LogP contribution in [-0.2, 0) is 37.8 Å². The van der Waals surface area contributed by atoms with Crippen molar-refractivity contribution in [3.8, 4) is 17.6 Å². The van der Waals surface area contributed by atoms with E-state index in [4.69, 9.17) is 14.2 Å². The van der Waals surface area contributed by atoms with Gasteiger partial charge in [-0.25, -0.2) is 17.9 Å². The van der Waals surface area contributed by atoms with Gasteiger partial charge in [-0.05, 0) is 79.3 Å². The highest BCUT2D eigenvalue weighted by atomic mass is 32.2. The molecular formula is C36H37N3O8S. The molecule has 1 aromatic heterocycles. The zero-order valence-corrected chi connectivity index (χ0v) is 27.8. The summed E-state index contributed by atoms with van der Waals surface area (Å²) < 4.78 is 46.6.